The van der Waals surface area contributed by atoms with E-state index in [9.17, 15) is 9.18 Å². The largest absolute Gasteiger partial charge is 0.468 e. The van der Waals surface area contributed by atoms with Gasteiger partial charge in [-0.1, -0.05) is 30.3 Å². The first-order valence-electron chi connectivity index (χ1n) is 6.99. The summed E-state index contributed by atoms with van der Waals surface area (Å²) in [6.07, 6.45) is 1.60. The van der Waals surface area contributed by atoms with E-state index in [1.54, 1.807) is 36.5 Å². The maximum atomic E-state index is 13.4. The molecule has 0 bridgehead atoms. The van der Waals surface area contributed by atoms with Crippen LogP contribution in [0.5, 0.6) is 5.75 Å². The molecule has 0 aliphatic rings. The van der Waals surface area contributed by atoms with Crippen LogP contribution in [-0.4, -0.2) is 15.7 Å². The predicted octanol–water partition coefficient (Wildman–Crippen LogP) is 3.31. The fourth-order valence-electron chi connectivity index (χ4n) is 1.97. The maximum Gasteiger partial charge on any atom is 0.276 e. The zero-order chi connectivity index (χ0) is 16.1. The summed E-state index contributed by atoms with van der Waals surface area (Å²) in [5.41, 5.74) is 0.945. The highest BCUT2D eigenvalue weighted by atomic mass is 19.1. The summed E-state index contributed by atoms with van der Waals surface area (Å²) in [6, 6.07) is 16.8. The van der Waals surface area contributed by atoms with Crippen LogP contribution < -0.4 is 10.1 Å². The van der Waals surface area contributed by atoms with Gasteiger partial charge in [0, 0.05) is 11.9 Å². The molecule has 6 heteroatoms. The molecule has 5 nitrogen and oxygen atoms in total. The molecule has 116 valence electrons. The second-order valence-corrected chi connectivity index (χ2v) is 4.76. The van der Waals surface area contributed by atoms with Crippen LogP contribution >= 0.6 is 0 Å². The number of anilines is 1. The lowest BCUT2D eigenvalue weighted by atomic mass is 10.3. The average molecular weight is 311 g/mol. The van der Waals surface area contributed by atoms with E-state index < -0.39 is 5.82 Å². The summed E-state index contributed by atoms with van der Waals surface area (Å²) in [6.45, 7) is 0.0134. The Labute approximate surface area is 132 Å². The molecular weight excluding hydrogens is 297 g/mol. The molecule has 3 rings (SSSR count). The van der Waals surface area contributed by atoms with Crippen molar-refractivity contribution in [3.05, 3.63) is 78.4 Å². The molecule has 0 fully saturated rings. The summed E-state index contributed by atoms with van der Waals surface area (Å²) in [7, 11) is 0. The zero-order valence-electron chi connectivity index (χ0n) is 12.1. The molecular formula is C17H14FN3O2. The quantitative estimate of drug-likeness (QED) is 0.786. The van der Waals surface area contributed by atoms with Gasteiger partial charge in [-0.25, -0.2) is 9.07 Å². The van der Waals surface area contributed by atoms with Crippen LogP contribution in [0.15, 0.2) is 66.9 Å². The van der Waals surface area contributed by atoms with E-state index in [0.29, 0.717) is 5.69 Å². The van der Waals surface area contributed by atoms with E-state index in [1.807, 2.05) is 18.2 Å². The number of amides is 1. The number of para-hydroxylation sites is 2. The molecule has 0 radical (unpaired) electrons. The van der Waals surface area contributed by atoms with E-state index >= 15 is 0 Å². The summed E-state index contributed by atoms with van der Waals surface area (Å²) in [4.78, 5) is 12.1. The van der Waals surface area contributed by atoms with Gasteiger partial charge in [-0.15, -0.1) is 0 Å². The zero-order valence-corrected chi connectivity index (χ0v) is 12.1. The highest BCUT2D eigenvalue weighted by molar-refractivity contribution is 6.02. The van der Waals surface area contributed by atoms with E-state index in [-0.39, 0.29) is 24.1 Å². The van der Waals surface area contributed by atoms with Crippen molar-refractivity contribution >= 4 is 11.6 Å². The molecule has 1 N–H and O–H groups in total. The Morgan fingerprint density at radius 3 is 2.61 bits per heavy atom. The van der Waals surface area contributed by atoms with Crippen molar-refractivity contribution in [2.75, 3.05) is 5.32 Å². The van der Waals surface area contributed by atoms with Crippen LogP contribution in [0.4, 0.5) is 10.1 Å². The Kier molecular flexibility index (Phi) is 4.33. The number of nitrogens with one attached hydrogen (secondary N) is 1. The number of aromatic nitrogens is 2. The molecule has 1 aromatic heterocycles. The highest BCUT2D eigenvalue weighted by Crippen LogP contribution is 2.15. The van der Waals surface area contributed by atoms with Gasteiger partial charge in [-0.05, 0) is 30.3 Å². The minimum Gasteiger partial charge on any atom is -0.468 e. The lowest BCUT2D eigenvalue weighted by molar-refractivity contribution is 0.102. The van der Waals surface area contributed by atoms with Gasteiger partial charge in [0.05, 0.1) is 0 Å². The van der Waals surface area contributed by atoms with Crippen LogP contribution in [0.2, 0.25) is 0 Å². The number of carbonyl (C=O) groups is 1. The number of halogens is 1. The second kappa shape index (κ2) is 6.74. The first kappa shape index (κ1) is 14.8. The topological polar surface area (TPSA) is 56.2 Å². The predicted molar refractivity (Wildman–Crippen MR) is 83.7 cm³/mol. The number of nitrogens with zero attached hydrogens (tertiary/aromatic N) is 2. The highest BCUT2D eigenvalue weighted by Gasteiger charge is 2.10. The third-order valence-corrected chi connectivity index (χ3v) is 3.09. The Hall–Kier alpha value is -3.15. The van der Waals surface area contributed by atoms with E-state index in [2.05, 4.69) is 10.4 Å². The summed E-state index contributed by atoms with van der Waals surface area (Å²) >= 11 is 0. The SMILES string of the molecule is O=C(Nc1ccccc1)c1ccn(COc2ccccc2F)n1. The number of hydrogen-bond acceptors (Lipinski definition) is 3. The van der Waals surface area contributed by atoms with Crippen molar-refractivity contribution in [3.63, 3.8) is 0 Å². The summed E-state index contributed by atoms with van der Waals surface area (Å²) in [5.74, 6) is -0.624. The van der Waals surface area contributed by atoms with Crippen LogP contribution in [-0.2, 0) is 6.73 Å². The standard InChI is InChI=1S/C17H14FN3O2/c18-14-8-4-5-9-16(14)23-12-21-11-10-15(20-21)17(22)19-13-6-2-1-3-7-13/h1-11H,12H2,(H,19,22). The van der Waals surface area contributed by atoms with E-state index in [0.717, 1.165) is 0 Å². The van der Waals surface area contributed by atoms with Gasteiger partial charge in [-0.3, -0.25) is 4.79 Å². The normalized spacial score (nSPS) is 10.3. The fourth-order valence-corrected chi connectivity index (χ4v) is 1.97. The van der Waals surface area contributed by atoms with Gasteiger partial charge in [0.1, 0.15) is 0 Å². The number of rotatable bonds is 5. The number of ether oxygens (including phenoxy) is 1. The molecule has 3 aromatic rings. The molecule has 0 aliphatic heterocycles. The maximum absolute atomic E-state index is 13.4. The van der Waals surface area contributed by atoms with Crippen LogP contribution in [0.1, 0.15) is 10.5 Å². The molecule has 0 unspecified atom stereocenters. The number of benzene rings is 2. The minimum absolute atomic E-state index is 0.0134. The Morgan fingerprint density at radius 2 is 1.83 bits per heavy atom. The van der Waals surface area contributed by atoms with Gasteiger partial charge >= 0.3 is 0 Å². The van der Waals surface area contributed by atoms with Crippen LogP contribution in [0.25, 0.3) is 0 Å². The molecule has 0 spiro atoms. The summed E-state index contributed by atoms with van der Waals surface area (Å²) in [5, 5.41) is 6.85. The molecule has 0 saturated heterocycles. The molecule has 1 heterocycles. The van der Waals surface area contributed by atoms with Crippen molar-refractivity contribution in [2.45, 2.75) is 6.73 Å². The number of carbonyl (C=O) groups excluding carboxylic acids is 1. The summed E-state index contributed by atoms with van der Waals surface area (Å²) < 4.78 is 20.2. The minimum atomic E-state index is -0.443. The Balaban J connectivity index is 1.62. The lowest BCUT2D eigenvalue weighted by Gasteiger charge is -2.06. The fraction of sp³-hybridized carbons (Fsp3) is 0.0588. The molecule has 0 atom stereocenters. The third kappa shape index (κ3) is 3.74. The molecule has 1 amide bonds. The third-order valence-electron chi connectivity index (χ3n) is 3.09. The van der Waals surface area contributed by atoms with Crippen molar-refractivity contribution in [1.82, 2.24) is 9.78 Å². The van der Waals surface area contributed by atoms with Gasteiger partial charge in [0.15, 0.2) is 24.0 Å². The van der Waals surface area contributed by atoms with Crippen molar-refractivity contribution in [1.29, 1.82) is 0 Å². The van der Waals surface area contributed by atoms with Gasteiger partial charge < -0.3 is 10.1 Å². The molecule has 2 aromatic carbocycles. The smallest absolute Gasteiger partial charge is 0.276 e. The lowest BCUT2D eigenvalue weighted by Crippen LogP contribution is -2.14. The Morgan fingerprint density at radius 1 is 1.09 bits per heavy atom. The van der Waals surface area contributed by atoms with Gasteiger partial charge in [0.2, 0.25) is 0 Å². The van der Waals surface area contributed by atoms with Crippen LogP contribution in [0.3, 0.4) is 0 Å². The number of hydrogen-bond donors (Lipinski definition) is 1. The van der Waals surface area contributed by atoms with E-state index in [1.165, 1.54) is 16.8 Å². The molecule has 0 saturated carbocycles. The second-order valence-electron chi connectivity index (χ2n) is 4.76. The first-order chi connectivity index (χ1) is 11.2. The van der Waals surface area contributed by atoms with E-state index in [4.69, 9.17) is 4.74 Å². The van der Waals surface area contributed by atoms with Crippen molar-refractivity contribution in [2.24, 2.45) is 0 Å². The monoisotopic (exact) mass is 311 g/mol. The Bertz CT molecular complexity index is 802. The van der Waals surface area contributed by atoms with Gasteiger partial charge in [-0.2, -0.15) is 5.10 Å². The first-order valence-corrected chi connectivity index (χ1v) is 6.99. The van der Waals surface area contributed by atoms with Gasteiger partial charge in [0.25, 0.3) is 5.91 Å². The van der Waals surface area contributed by atoms with Crippen molar-refractivity contribution < 1.29 is 13.9 Å². The van der Waals surface area contributed by atoms with Crippen LogP contribution in [0, 0.1) is 5.82 Å². The molecule has 23 heavy (non-hydrogen) atoms. The molecule has 0 aliphatic carbocycles. The van der Waals surface area contributed by atoms with Crippen molar-refractivity contribution in [3.8, 4) is 5.75 Å². The average Bonchev–Trinajstić information content (AvgIpc) is 3.04.